The van der Waals surface area contributed by atoms with Gasteiger partial charge in [0.1, 0.15) is 0 Å². The summed E-state index contributed by atoms with van der Waals surface area (Å²) in [7, 11) is 0. The van der Waals surface area contributed by atoms with Crippen LogP contribution in [-0.4, -0.2) is 0 Å². The molecular formula is C16H18. The van der Waals surface area contributed by atoms with E-state index in [1.54, 1.807) is 5.57 Å². The molecule has 0 aliphatic heterocycles. The SMILES string of the molecule is Cc1ccc2c(c1)C1=C(CCC=C1)C2(C)C. The molecule has 2 aliphatic carbocycles. The minimum Gasteiger partial charge on any atom is -0.0836 e. The van der Waals surface area contributed by atoms with Crippen molar-refractivity contribution in [3.05, 3.63) is 52.6 Å². The van der Waals surface area contributed by atoms with E-state index in [1.807, 2.05) is 0 Å². The highest BCUT2D eigenvalue weighted by Crippen LogP contribution is 2.49. The third kappa shape index (κ3) is 1.16. The summed E-state index contributed by atoms with van der Waals surface area (Å²) in [5, 5.41) is 0. The summed E-state index contributed by atoms with van der Waals surface area (Å²) in [6, 6.07) is 6.90. The molecule has 2 aliphatic rings. The molecule has 0 heteroatoms. The van der Waals surface area contributed by atoms with Crippen LogP contribution in [0.25, 0.3) is 5.57 Å². The molecule has 0 atom stereocenters. The van der Waals surface area contributed by atoms with E-state index in [0.717, 1.165) is 0 Å². The molecule has 0 N–H and O–H groups in total. The molecule has 82 valence electrons. The van der Waals surface area contributed by atoms with Crippen LogP contribution < -0.4 is 0 Å². The zero-order chi connectivity index (χ0) is 11.3. The monoisotopic (exact) mass is 210 g/mol. The second-order valence-corrected chi connectivity index (χ2v) is 5.51. The van der Waals surface area contributed by atoms with Gasteiger partial charge in [-0.15, -0.1) is 0 Å². The van der Waals surface area contributed by atoms with Gasteiger partial charge >= 0.3 is 0 Å². The maximum atomic E-state index is 2.36. The average Bonchev–Trinajstić information content (AvgIpc) is 2.49. The highest BCUT2D eigenvalue weighted by Gasteiger charge is 2.36. The zero-order valence-electron chi connectivity index (χ0n) is 10.3. The van der Waals surface area contributed by atoms with Gasteiger partial charge in [0.05, 0.1) is 0 Å². The maximum absolute atomic E-state index is 2.36. The Morgan fingerprint density at radius 1 is 1.19 bits per heavy atom. The Morgan fingerprint density at radius 3 is 2.81 bits per heavy atom. The first-order valence-electron chi connectivity index (χ1n) is 6.12. The highest BCUT2D eigenvalue weighted by atomic mass is 14.4. The van der Waals surface area contributed by atoms with Crippen LogP contribution in [0.15, 0.2) is 35.9 Å². The van der Waals surface area contributed by atoms with E-state index in [0.29, 0.717) is 0 Å². The molecule has 0 amide bonds. The molecule has 0 saturated heterocycles. The summed E-state index contributed by atoms with van der Waals surface area (Å²) >= 11 is 0. The van der Waals surface area contributed by atoms with Crippen molar-refractivity contribution in [1.29, 1.82) is 0 Å². The van der Waals surface area contributed by atoms with Crippen LogP contribution in [0.5, 0.6) is 0 Å². The van der Waals surface area contributed by atoms with E-state index >= 15 is 0 Å². The largest absolute Gasteiger partial charge is 0.0836 e. The van der Waals surface area contributed by atoms with Gasteiger partial charge in [-0.25, -0.2) is 0 Å². The Morgan fingerprint density at radius 2 is 2.00 bits per heavy atom. The summed E-state index contributed by atoms with van der Waals surface area (Å²) in [6.07, 6.45) is 7.07. The number of fused-ring (bicyclic) bond motifs is 2. The van der Waals surface area contributed by atoms with E-state index < -0.39 is 0 Å². The fraction of sp³-hybridized carbons (Fsp3) is 0.375. The first kappa shape index (κ1) is 9.89. The Balaban J connectivity index is 2.29. The number of allylic oxidation sites excluding steroid dienone is 4. The predicted octanol–water partition coefficient (Wildman–Crippen LogP) is 4.39. The number of aryl methyl sites for hydroxylation is 1. The summed E-state index contributed by atoms with van der Waals surface area (Å²) in [4.78, 5) is 0. The minimum atomic E-state index is 0.239. The first-order valence-corrected chi connectivity index (χ1v) is 6.12. The number of hydrogen-bond donors (Lipinski definition) is 0. The molecule has 0 aromatic heterocycles. The second kappa shape index (κ2) is 3.10. The normalized spacial score (nSPS) is 20.9. The molecule has 1 aromatic rings. The van der Waals surface area contributed by atoms with Crippen molar-refractivity contribution in [3.8, 4) is 0 Å². The molecular weight excluding hydrogens is 192 g/mol. The lowest BCUT2D eigenvalue weighted by molar-refractivity contribution is 0.607. The van der Waals surface area contributed by atoms with Gasteiger partial charge in [0, 0.05) is 5.41 Å². The molecule has 0 radical (unpaired) electrons. The second-order valence-electron chi connectivity index (χ2n) is 5.51. The van der Waals surface area contributed by atoms with Gasteiger partial charge < -0.3 is 0 Å². The molecule has 0 saturated carbocycles. The first-order chi connectivity index (χ1) is 7.60. The molecule has 1 aromatic carbocycles. The Bertz CT molecular complexity index is 513. The average molecular weight is 210 g/mol. The van der Waals surface area contributed by atoms with Crippen molar-refractivity contribution in [2.75, 3.05) is 0 Å². The van der Waals surface area contributed by atoms with Crippen molar-refractivity contribution >= 4 is 5.57 Å². The van der Waals surface area contributed by atoms with Gasteiger partial charge in [0.2, 0.25) is 0 Å². The van der Waals surface area contributed by atoms with E-state index in [-0.39, 0.29) is 5.41 Å². The molecule has 0 nitrogen and oxygen atoms in total. The third-order valence-electron chi connectivity index (χ3n) is 4.06. The van der Waals surface area contributed by atoms with Crippen molar-refractivity contribution in [2.45, 2.75) is 39.0 Å². The summed E-state index contributed by atoms with van der Waals surface area (Å²) in [6.45, 7) is 6.91. The lowest BCUT2D eigenvalue weighted by atomic mass is 9.78. The topological polar surface area (TPSA) is 0 Å². The predicted molar refractivity (Wildman–Crippen MR) is 69.5 cm³/mol. The molecule has 3 rings (SSSR count). The third-order valence-corrected chi connectivity index (χ3v) is 4.06. The molecule has 16 heavy (non-hydrogen) atoms. The zero-order valence-corrected chi connectivity index (χ0v) is 10.3. The van der Waals surface area contributed by atoms with E-state index in [4.69, 9.17) is 0 Å². The van der Waals surface area contributed by atoms with Crippen molar-refractivity contribution in [1.82, 2.24) is 0 Å². The van der Waals surface area contributed by atoms with Crippen LogP contribution in [0.4, 0.5) is 0 Å². The summed E-state index contributed by atoms with van der Waals surface area (Å²) in [5.74, 6) is 0. The number of rotatable bonds is 0. The Kier molecular flexibility index (Phi) is 1.92. The summed E-state index contributed by atoms with van der Waals surface area (Å²) < 4.78 is 0. The van der Waals surface area contributed by atoms with E-state index in [2.05, 4.69) is 51.1 Å². The van der Waals surface area contributed by atoms with Crippen LogP contribution in [-0.2, 0) is 5.41 Å². The lowest BCUT2D eigenvalue weighted by Gasteiger charge is -2.25. The van der Waals surface area contributed by atoms with Gasteiger partial charge in [-0.2, -0.15) is 0 Å². The van der Waals surface area contributed by atoms with Gasteiger partial charge in [-0.1, -0.05) is 55.3 Å². The van der Waals surface area contributed by atoms with Crippen molar-refractivity contribution < 1.29 is 0 Å². The standard InChI is InChI=1S/C16H18/c1-11-8-9-15-13(10-11)12-6-4-5-7-14(12)16(15,2)3/h4,6,8-10H,5,7H2,1-3H3. The van der Waals surface area contributed by atoms with Crippen molar-refractivity contribution in [2.24, 2.45) is 0 Å². The van der Waals surface area contributed by atoms with Crippen LogP contribution >= 0.6 is 0 Å². The Labute approximate surface area is 97.7 Å². The fourth-order valence-corrected chi connectivity index (χ4v) is 3.15. The van der Waals surface area contributed by atoms with Crippen LogP contribution in [0.2, 0.25) is 0 Å². The van der Waals surface area contributed by atoms with Gasteiger partial charge in [-0.05, 0) is 36.5 Å². The molecule has 0 spiro atoms. The lowest BCUT2D eigenvalue weighted by Crippen LogP contribution is -2.17. The minimum absolute atomic E-state index is 0.239. The quantitative estimate of drug-likeness (QED) is 0.595. The van der Waals surface area contributed by atoms with Crippen LogP contribution in [0.3, 0.4) is 0 Å². The molecule has 0 fully saturated rings. The number of benzene rings is 1. The van der Waals surface area contributed by atoms with Crippen molar-refractivity contribution in [3.63, 3.8) is 0 Å². The fourth-order valence-electron chi connectivity index (χ4n) is 3.15. The molecule has 0 bridgehead atoms. The Hall–Kier alpha value is -1.30. The molecule has 0 unspecified atom stereocenters. The van der Waals surface area contributed by atoms with Gasteiger partial charge in [0.15, 0.2) is 0 Å². The van der Waals surface area contributed by atoms with Crippen LogP contribution in [0, 0.1) is 6.92 Å². The maximum Gasteiger partial charge on any atom is 0.0120 e. The molecule has 0 heterocycles. The van der Waals surface area contributed by atoms with E-state index in [9.17, 15) is 0 Å². The van der Waals surface area contributed by atoms with Gasteiger partial charge in [-0.3, -0.25) is 0 Å². The van der Waals surface area contributed by atoms with Crippen LogP contribution in [0.1, 0.15) is 43.4 Å². The summed E-state index contributed by atoms with van der Waals surface area (Å²) in [5.41, 5.74) is 7.71. The highest BCUT2D eigenvalue weighted by molar-refractivity contribution is 5.86. The smallest absolute Gasteiger partial charge is 0.0120 e. The number of hydrogen-bond acceptors (Lipinski definition) is 0. The van der Waals surface area contributed by atoms with E-state index in [1.165, 1.54) is 35.1 Å². The van der Waals surface area contributed by atoms with Gasteiger partial charge in [0.25, 0.3) is 0 Å².